The molecule has 2 aliphatic carbocycles. The lowest BCUT2D eigenvalue weighted by atomic mass is 10.0. The SMILES string of the molecule is CC1(C)C(C(=O)NC2c3ccccc3CC2Br)C1(C)C. The molecule has 2 atom stereocenters. The smallest absolute Gasteiger partial charge is 0.224 e. The van der Waals surface area contributed by atoms with Crippen LogP contribution in [0.25, 0.3) is 0 Å². The monoisotopic (exact) mass is 335 g/mol. The molecule has 3 heteroatoms. The van der Waals surface area contributed by atoms with E-state index in [4.69, 9.17) is 0 Å². The van der Waals surface area contributed by atoms with Crippen LogP contribution in [0.5, 0.6) is 0 Å². The highest BCUT2D eigenvalue weighted by atomic mass is 79.9. The Labute approximate surface area is 129 Å². The van der Waals surface area contributed by atoms with Crippen LogP contribution in [0.1, 0.15) is 44.9 Å². The number of amides is 1. The first-order chi connectivity index (χ1) is 9.26. The number of halogens is 1. The van der Waals surface area contributed by atoms with Gasteiger partial charge in [-0.1, -0.05) is 67.9 Å². The quantitative estimate of drug-likeness (QED) is 0.817. The van der Waals surface area contributed by atoms with Crippen LogP contribution in [-0.4, -0.2) is 10.7 Å². The Morgan fingerprint density at radius 2 is 1.80 bits per heavy atom. The molecule has 0 saturated heterocycles. The Bertz CT molecular complexity index is 550. The van der Waals surface area contributed by atoms with Gasteiger partial charge < -0.3 is 5.32 Å². The zero-order valence-corrected chi connectivity index (χ0v) is 14.1. The van der Waals surface area contributed by atoms with Gasteiger partial charge >= 0.3 is 0 Å². The standard InChI is InChI=1S/C17H22BrNO/c1-16(2)14(17(16,3)4)15(20)19-13-11-8-6-5-7-10(11)9-12(13)18/h5-8,12-14H,9H2,1-4H3,(H,19,20). The second kappa shape index (κ2) is 4.33. The maximum Gasteiger partial charge on any atom is 0.224 e. The summed E-state index contributed by atoms with van der Waals surface area (Å²) in [4.78, 5) is 12.9. The Kier molecular flexibility index (Phi) is 3.06. The summed E-state index contributed by atoms with van der Waals surface area (Å²) < 4.78 is 0. The largest absolute Gasteiger partial charge is 0.348 e. The van der Waals surface area contributed by atoms with Crippen molar-refractivity contribution in [1.29, 1.82) is 0 Å². The van der Waals surface area contributed by atoms with Crippen LogP contribution < -0.4 is 5.32 Å². The lowest BCUT2D eigenvalue weighted by molar-refractivity contribution is -0.124. The molecule has 0 aromatic heterocycles. The Morgan fingerprint density at radius 1 is 1.20 bits per heavy atom. The number of carbonyl (C=O) groups is 1. The van der Waals surface area contributed by atoms with Crippen LogP contribution in [0.2, 0.25) is 0 Å². The predicted molar refractivity (Wildman–Crippen MR) is 84.8 cm³/mol. The van der Waals surface area contributed by atoms with E-state index >= 15 is 0 Å². The van der Waals surface area contributed by atoms with E-state index in [0.29, 0.717) is 4.83 Å². The van der Waals surface area contributed by atoms with E-state index in [9.17, 15) is 4.79 Å². The van der Waals surface area contributed by atoms with Crippen LogP contribution in [0.4, 0.5) is 0 Å². The van der Waals surface area contributed by atoms with E-state index in [1.165, 1.54) is 11.1 Å². The fraction of sp³-hybridized carbons (Fsp3) is 0.588. The molecule has 0 bridgehead atoms. The summed E-state index contributed by atoms with van der Waals surface area (Å²) in [6.45, 7) is 8.74. The van der Waals surface area contributed by atoms with E-state index in [1.54, 1.807) is 0 Å². The van der Waals surface area contributed by atoms with Gasteiger partial charge in [-0.15, -0.1) is 0 Å². The highest BCUT2D eigenvalue weighted by molar-refractivity contribution is 9.09. The number of hydrogen-bond donors (Lipinski definition) is 1. The normalized spacial score (nSPS) is 29.9. The molecule has 1 amide bonds. The highest BCUT2D eigenvalue weighted by Gasteiger charge is 2.68. The molecule has 0 radical (unpaired) electrons. The molecule has 1 N–H and O–H groups in total. The molecule has 2 unspecified atom stereocenters. The third kappa shape index (κ3) is 1.86. The summed E-state index contributed by atoms with van der Waals surface area (Å²) >= 11 is 3.73. The number of rotatable bonds is 2. The minimum absolute atomic E-state index is 0.0943. The first-order valence-corrected chi connectivity index (χ1v) is 8.20. The second-order valence-electron chi connectivity index (χ2n) is 7.28. The molecule has 1 saturated carbocycles. The molecule has 1 aromatic rings. The number of hydrogen-bond acceptors (Lipinski definition) is 1. The van der Waals surface area contributed by atoms with Gasteiger partial charge in [0.1, 0.15) is 0 Å². The first-order valence-electron chi connectivity index (χ1n) is 7.29. The van der Waals surface area contributed by atoms with Gasteiger partial charge in [0, 0.05) is 10.7 Å². The van der Waals surface area contributed by atoms with E-state index in [1.807, 2.05) is 6.07 Å². The maximum absolute atomic E-state index is 12.6. The number of benzene rings is 1. The van der Waals surface area contributed by atoms with Crippen molar-refractivity contribution in [3.8, 4) is 0 Å². The van der Waals surface area contributed by atoms with Crippen LogP contribution >= 0.6 is 15.9 Å². The molecule has 108 valence electrons. The van der Waals surface area contributed by atoms with Gasteiger partial charge in [-0.05, 0) is 28.4 Å². The average Bonchev–Trinajstić information content (AvgIpc) is 2.63. The van der Waals surface area contributed by atoms with Crippen LogP contribution in [0.15, 0.2) is 24.3 Å². The lowest BCUT2D eigenvalue weighted by Crippen LogP contribution is -2.34. The third-order valence-electron chi connectivity index (χ3n) is 5.75. The predicted octanol–water partition coefficient (Wildman–Crippen LogP) is 3.85. The molecule has 1 aromatic carbocycles. The minimum Gasteiger partial charge on any atom is -0.348 e. The van der Waals surface area contributed by atoms with E-state index in [-0.39, 0.29) is 28.7 Å². The summed E-state index contributed by atoms with van der Waals surface area (Å²) in [6.07, 6.45) is 0.985. The minimum atomic E-state index is 0.0943. The summed E-state index contributed by atoms with van der Waals surface area (Å²) in [6, 6.07) is 8.50. The van der Waals surface area contributed by atoms with Crippen molar-refractivity contribution >= 4 is 21.8 Å². The molecule has 3 rings (SSSR count). The van der Waals surface area contributed by atoms with Crippen molar-refractivity contribution in [2.45, 2.75) is 45.0 Å². The van der Waals surface area contributed by atoms with Gasteiger partial charge in [0.15, 0.2) is 0 Å². The van der Waals surface area contributed by atoms with Crippen LogP contribution in [0, 0.1) is 16.7 Å². The maximum atomic E-state index is 12.6. The number of fused-ring (bicyclic) bond motifs is 1. The zero-order chi connectivity index (χ0) is 14.7. The zero-order valence-electron chi connectivity index (χ0n) is 12.5. The van der Waals surface area contributed by atoms with Gasteiger partial charge in [0.05, 0.1) is 6.04 Å². The first kappa shape index (κ1) is 14.1. The van der Waals surface area contributed by atoms with Crippen LogP contribution in [-0.2, 0) is 11.2 Å². The second-order valence-corrected chi connectivity index (χ2v) is 8.46. The lowest BCUT2D eigenvalue weighted by Gasteiger charge is -2.18. The van der Waals surface area contributed by atoms with Crippen molar-refractivity contribution < 1.29 is 4.79 Å². The highest BCUT2D eigenvalue weighted by Crippen LogP contribution is 2.68. The van der Waals surface area contributed by atoms with Crippen molar-refractivity contribution in [1.82, 2.24) is 5.32 Å². The van der Waals surface area contributed by atoms with Gasteiger partial charge in [0.2, 0.25) is 5.91 Å². The van der Waals surface area contributed by atoms with E-state index < -0.39 is 0 Å². The fourth-order valence-electron chi connectivity index (χ4n) is 3.80. The molecule has 2 aliphatic rings. The molecule has 1 fully saturated rings. The van der Waals surface area contributed by atoms with Gasteiger partial charge in [-0.3, -0.25) is 4.79 Å². The molecule has 2 nitrogen and oxygen atoms in total. The molecular weight excluding hydrogens is 314 g/mol. The molecule has 0 heterocycles. The summed E-state index contributed by atoms with van der Waals surface area (Å²) in [5.41, 5.74) is 2.79. The summed E-state index contributed by atoms with van der Waals surface area (Å²) in [7, 11) is 0. The Morgan fingerprint density at radius 3 is 2.40 bits per heavy atom. The van der Waals surface area contributed by atoms with Crippen molar-refractivity contribution in [3.63, 3.8) is 0 Å². The van der Waals surface area contributed by atoms with E-state index in [0.717, 1.165) is 6.42 Å². The van der Waals surface area contributed by atoms with Gasteiger partial charge in [-0.25, -0.2) is 0 Å². The molecule has 20 heavy (non-hydrogen) atoms. The number of carbonyl (C=O) groups excluding carboxylic acids is 1. The van der Waals surface area contributed by atoms with Gasteiger partial charge in [0.25, 0.3) is 0 Å². The summed E-state index contributed by atoms with van der Waals surface area (Å²) in [5, 5.41) is 3.27. The molecule has 0 spiro atoms. The third-order valence-corrected chi connectivity index (χ3v) is 6.60. The molecular formula is C17H22BrNO. The van der Waals surface area contributed by atoms with Gasteiger partial charge in [-0.2, -0.15) is 0 Å². The summed E-state index contributed by atoms with van der Waals surface area (Å²) in [5.74, 6) is 0.314. The van der Waals surface area contributed by atoms with Crippen molar-refractivity contribution in [3.05, 3.63) is 35.4 Å². The molecule has 0 aliphatic heterocycles. The average molecular weight is 336 g/mol. The Balaban J connectivity index is 1.78. The number of nitrogens with one attached hydrogen (secondary N) is 1. The Hall–Kier alpha value is -0.830. The number of alkyl halides is 1. The van der Waals surface area contributed by atoms with E-state index in [2.05, 4.69) is 67.1 Å². The topological polar surface area (TPSA) is 29.1 Å². The fourth-order valence-corrected chi connectivity index (χ4v) is 4.57. The van der Waals surface area contributed by atoms with Crippen LogP contribution in [0.3, 0.4) is 0 Å². The van der Waals surface area contributed by atoms with Crippen molar-refractivity contribution in [2.24, 2.45) is 16.7 Å². The van der Waals surface area contributed by atoms with Crippen molar-refractivity contribution in [2.75, 3.05) is 0 Å².